The van der Waals surface area contributed by atoms with Crippen molar-refractivity contribution in [2.45, 2.75) is 0 Å². The van der Waals surface area contributed by atoms with Gasteiger partial charge in [0, 0.05) is 5.56 Å². The van der Waals surface area contributed by atoms with E-state index in [4.69, 9.17) is 8.83 Å². The minimum absolute atomic E-state index is 0.0694. The molecule has 4 nitrogen and oxygen atoms in total. The molecule has 2 aromatic heterocycles. The van der Waals surface area contributed by atoms with Crippen LogP contribution in [-0.2, 0) is 0 Å². The molecule has 0 bridgehead atoms. The van der Waals surface area contributed by atoms with Gasteiger partial charge in [-0.2, -0.15) is 0 Å². The largest absolute Gasteiger partial charge is 0.456 e. The number of hydrogen-bond donors (Lipinski definition) is 0. The van der Waals surface area contributed by atoms with Gasteiger partial charge in [0.15, 0.2) is 0 Å². The van der Waals surface area contributed by atoms with Crippen molar-refractivity contribution in [3.63, 3.8) is 0 Å². The molecule has 0 N–H and O–H groups in total. The highest BCUT2D eigenvalue weighted by molar-refractivity contribution is 5.99. The number of para-hydroxylation sites is 3. The molecule has 6 rings (SSSR count). The highest BCUT2D eigenvalue weighted by Gasteiger charge is 2.14. The van der Waals surface area contributed by atoms with E-state index in [9.17, 15) is 9.59 Å². The average Bonchev–Trinajstić information content (AvgIpc) is 2.79. The fourth-order valence-corrected chi connectivity index (χ4v) is 4.02. The lowest BCUT2D eigenvalue weighted by atomic mass is 10.00. The SMILES string of the molecule is O=c1c2ccccc2oc2ccc(-c3cccc4c(=O)c5ccccc5oc34)cc12. The molecule has 0 amide bonds. The van der Waals surface area contributed by atoms with E-state index in [-0.39, 0.29) is 10.9 Å². The maximum Gasteiger partial charge on any atom is 0.200 e. The van der Waals surface area contributed by atoms with Crippen molar-refractivity contribution in [3.8, 4) is 11.1 Å². The van der Waals surface area contributed by atoms with Crippen molar-refractivity contribution in [2.75, 3.05) is 0 Å². The molecule has 0 aliphatic carbocycles. The Hall–Kier alpha value is -4.18. The lowest BCUT2D eigenvalue weighted by Crippen LogP contribution is -2.03. The van der Waals surface area contributed by atoms with Gasteiger partial charge in [-0.1, -0.05) is 42.5 Å². The fraction of sp³-hybridized carbons (Fsp3) is 0. The third kappa shape index (κ3) is 2.34. The van der Waals surface area contributed by atoms with Crippen molar-refractivity contribution < 1.29 is 8.83 Å². The summed E-state index contributed by atoms with van der Waals surface area (Å²) in [5, 5.41) is 2.09. The molecule has 0 atom stereocenters. The van der Waals surface area contributed by atoms with E-state index < -0.39 is 0 Å². The molecule has 142 valence electrons. The Morgan fingerprint density at radius 1 is 0.500 bits per heavy atom. The number of hydrogen-bond acceptors (Lipinski definition) is 4. The Morgan fingerprint density at radius 3 is 1.87 bits per heavy atom. The summed E-state index contributed by atoms with van der Waals surface area (Å²) in [5.74, 6) is 0. The second-order valence-corrected chi connectivity index (χ2v) is 7.25. The third-order valence-electron chi connectivity index (χ3n) is 5.49. The van der Waals surface area contributed by atoms with E-state index in [1.54, 1.807) is 42.5 Å². The highest BCUT2D eigenvalue weighted by Crippen LogP contribution is 2.31. The molecule has 6 aromatic rings. The number of benzene rings is 4. The minimum atomic E-state index is -0.0826. The van der Waals surface area contributed by atoms with Gasteiger partial charge in [-0.3, -0.25) is 9.59 Å². The fourth-order valence-electron chi connectivity index (χ4n) is 4.02. The quantitative estimate of drug-likeness (QED) is 0.329. The van der Waals surface area contributed by atoms with Gasteiger partial charge in [-0.15, -0.1) is 0 Å². The van der Waals surface area contributed by atoms with E-state index in [2.05, 4.69) is 0 Å². The molecule has 30 heavy (non-hydrogen) atoms. The van der Waals surface area contributed by atoms with Crippen LogP contribution in [0.15, 0.2) is 103 Å². The van der Waals surface area contributed by atoms with Crippen LogP contribution in [-0.4, -0.2) is 0 Å². The van der Waals surface area contributed by atoms with Crippen LogP contribution in [0.5, 0.6) is 0 Å². The summed E-state index contributed by atoms with van der Waals surface area (Å²) in [5.41, 5.74) is 3.51. The van der Waals surface area contributed by atoms with Gasteiger partial charge in [-0.25, -0.2) is 0 Å². The highest BCUT2D eigenvalue weighted by atomic mass is 16.3. The summed E-state index contributed by atoms with van der Waals surface area (Å²) in [7, 11) is 0. The van der Waals surface area contributed by atoms with Crippen LogP contribution in [0.3, 0.4) is 0 Å². The molecular weight excluding hydrogens is 376 g/mol. The normalized spacial score (nSPS) is 11.6. The first-order valence-electron chi connectivity index (χ1n) is 9.61. The second kappa shape index (κ2) is 6.16. The number of fused-ring (bicyclic) bond motifs is 4. The summed E-state index contributed by atoms with van der Waals surface area (Å²) >= 11 is 0. The Kier molecular flexibility index (Phi) is 3.44. The van der Waals surface area contributed by atoms with Crippen molar-refractivity contribution >= 4 is 43.9 Å². The topological polar surface area (TPSA) is 60.4 Å². The van der Waals surface area contributed by atoms with Gasteiger partial charge >= 0.3 is 0 Å². The molecule has 2 heterocycles. The van der Waals surface area contributed by atoms with Crippen LogP contribution in [0.25, 0.3) is 55.0 Å². The third-order valence-corrected chi connectivity index (χ3v) is 5.49. The lowest BCUT2D eigenvalue weighted by Gasteiger charge is -2.08. The zero-order valence-corrected chi connectivity index (χ0v) is 15.7. The monoisotopic (exact) mass is 390 g/mol. The van der Waals surface area contributed by atoms with E-state index in [1.165, 1.54) is 0 Å². The van der Waals surface area contributed by atoms with Gasteiger partial charge in [0.2, 0.25) is 10.9 Å². The summed E-state index contributed by atoms with van der Waals surface area (Å²) < 4.78 is 12.0. The standard InChI is InChI=1S/C26H14O4/c27-24-18-7-2-4-11-22(18)30-26-16(8-5-9-19(24)26)15-12-13-23-20(14-15)25(28)17-6-1-3-10-21(17)29-23/h1-14H. The van der Waals surface area contributed by atoms with Crippen LogP contribution in [0.1, 0.15) is 0 Å². The molecule has 0 aliphatic heterocycles. The van der Waals surface area contributed by atoms with Crippen molar-refractivity contribution in [2.24, 2.45) is 0 Å². The first-order chi connectivity index (χ1) is 14.7. The van der Waals surface area contributed by atoms with E-state index >= 15 is 0 Å². The summed E-state index contributed by atoms with van der Waals surface area (Å²) in [4.78, 5) is 26.0. The summed E-state index contributed by atoms with van der Waals surface area (Å²) in [6.45, 7) is 0. The molecule has 0 saturated carbocycles. The van der Waals surface area contributed by atoms with Crippen LogP contribution >= 0.6 is 0 Å². The van der Waals surface area contributed by atoms with E-state index in [0.717, 1.165) is 11.1 Å². The molecule has 0 radical (unpaired) electrons. The maximum atomic E-state index is 13.0. The van der Waals surface area contributed by atoms with Gasteiger partial charge in [0.25, 0.3) is 0 Å². The molecule has 0 fully saturated rings. The van der Waals surface area contributed by atoms with Gasteiger partial charge in [0.05, 0.1) is 21.5 Å². The Bertz CT molecular complexity index is 1740. The predicted octanol–water partition coefficient (Wildman–Crippen LogP) is 5.87. The minimum Gasteiger partial charge on any atom is -0.456 e. The molecule has 0 unspecified atom stereocenters. The first kappa shape index (κ1) is 16.7. The maximum absolute atomic E-state index is 13.0. The molecule has 0 spiro atoms. The van der Waals surface area contributed by atoms with Crippen LogP contribution < -0.4 is 10.9 Å². The summed E-state index contributed by atoms with van der Waals surface area (Å²) in [6.07, 6.45) is 0. The lowest BCUT2D eigenvalue weighted by molar-refractivity contribution is 0.659. The second-order valence-electron chi connectivity index (χ2n) is 7.25. The zero-order valence-electron chi connectivity index (χ0n) is 15.7. The molecule has 0 saturated heterocycles. The Morgan fingerprint density at radius 2 is 1.10 bits per heavy atom. The Balaban J connectivity index is 1.69. The molecular formula is C26H14O4. The van der Waals surface area contributed by atoms with Gasteiger partial charge in [-0.05, 0) is 48.0 Å². The zero-order chi connectivity index (χ0) is 20.2. The van der Waals surface area contributed by atoms with Crippen molar-refractivity contribution in [1.82, 2.24) is 0 Å². The summed E-state index contributed by atoms with van der Waals surface area (Å²) in [6, 6.07) is 25.4. The average molecular weight is 390 g/mol. The van der Waals surface area contributed by atoms with Crippen molar-refractivity contribution in [1.29, 1.82) is 0 Å². The van der Waals surface area contributed by atoms with Crippen LogP contribution in [0.4, 0.5) is 0 Å². The van der Waals surface area contributed by atoms with Crippen LogP contribution in [0.2, 0.25) is 0 Å². The first-order valence-corrected chi connectivity index (χ1v) is 9.61. The van der Waals surface area contributed by atoms with Gasteiger partial charge < -0.3 is 8.83 Å². The van der Waals surface area contributed by atoms with E-state index in [1.807, 2.05) is 42.5 Å². The van der Waals surface area contributed by atoms with E-state index in [0.29, 0.717) is 43.9 Å². The predicted molar refractivity (Wildman–Crippen MR) is 119 cm³/mol. The molecule has 4 aromatic carbocycles. The van der Waals surface area contributed by atoms with Gasteiger partial charge in [0.1, 0.15) is 22.3 Å². The molecule has 4 heteroatoms. The Labute approximate surface area is 169 Å². The molecule has 0 aliphatic rings. The smallest absolute Gasteiger partial charge is 0.200 e. The van der Waals surface area contributed by atoms with Crippen LogP contribution in [0, 0.1) is 0 Å². The number of rotatable bonds is 1. The van der Waals surface area contributed by atoms with Crippen molar-refractivity contribution in [3.05, 3.63) is 105 Å².